The molecule has 0 aliphatic rings. The van der Waals surface area contributed by atoms with Crippen molar-refractivity contribution in [1.29, 1.82) is 0 Å². The molecule has 2 aromatic rings. The molecule has 0 saturated carbocycles. The Hall–Kier alpha value is -2.22. The van der Waals surface area contributed by atoms with E-state index in [1.54, 1.807) is 10.8 Å². The topological polar surface area (TPSA) is 98.8 Å². The summed E-state index contributed by atoms with van der Waals surface area (Å²) in [5.41, 5.74) is 1.03. The summed E-state index contributed by atoms with van der Waals surface area (Å²) in [6.45, 7) is 1.49. The van der Waals surface area contributed by atoms with Gasteiger partial charge in [-0.2, -0.15) is 0 Å². The number of pyridine rings is 2. The van der Waals surface area contributed by atoms with Crippen molar-refractivity contribution >= 4 is 0 Å². The van der Waals surface area contributed by atoms with Crippen LogP contribution in [-0.2, 0) is 13.1 Å². The molecule has 0 bridgehead atoms. The normalized spacial score (nSPS) is 11.1. The minimum absolute atomic E-state index is 0.0391. The van der Waals surface area contributed by atoms with E-state index >= 15 is 0 Å². The molecule has 0 fully saturated rings. The molecule has 0 aliphatic heterocycles. The van der Waals surface area contributed by atoms with Crippen LogP contribution in [0.1, 0.15) is 11.4 Å². The van der Waals surface area contributed by atoms with Crippen molar-refractivity contribution in [2.24, 2.45) is 0 Å². The third-order valence-electron chi connectivity index (χ3n) is 3.47. The first-order valence-electron chi connectivity index (χ1n) is 7.40. The van der Waals surface area contributed by atoms with E-state index in [9.17, 15) is 9.90 Å². The maximum absolute atomic E-state index is 11.7. The molecule has 2 rings (SSSR count). The van der Waals surface area contributed by atoms with E-state index < -0.39 is 5.43 Å². The quantitative estimate of drug-likeness (QED) is 0.622. The molecule has 124 valence electrons. The van der Waals surface area contributed by atoms with Crippen molar-refractivity contribution in [3.8, 4) is 5.75 Å². The van der Waals surface area contributed by atoms with Crippen LogP contribution in [0.25, 0.3) is 0 Å². The highest BCUT2D eigenvalue weighted by atomic mass is 16.3. The summed E-state index contributed by atoms with van der Waals surface area (Å²) in [6, 6.07) is 6.92. The van der Waals surface area contributed by atoms with Crippen LogP contribution in [-0.4, -0.2) is 56.1 Å². The van der Waals surface area contributed by atoms with E-state index in [4.69, 9.17) is 10.2 Å². The summed E-state index contributed by atoms with van der Waals surface area (Å²) < 4.78 is 1.75. The SMILES string of the molecule is O=c1cc(CN(CCO)CCO)n(Cc2ccccn2)cc1O. The highest BCUT2D eigenvalue weighted by Gasteiger charge is 2.11. The molecule has 0 spiro atoms. The maximum atomic E-state index is 11.7. The van der Waals surface area contributed by atoms with Crippen LogP contribution in [0.2, 0.25) is 0 Å². The molecule has 2 aromatic heterocycles. The summed E-state index contributed by atoms with van der Waals surface area (Å²) in [5.74, 6) is -0.319. The van der Waals surface area contributed by atoms with Crippen molar-refractivity contribution in [2.45, 2.75) is 13.1 Å². The summed E-state index contributed by atoms with van der Waals surface area (Å²) >= 11 is 0. The van der Waals surface area contributed by atoms with Gasteiger partial charge in [-0.25, -0.2) is 0 Å². The first-order chi connectivity index (χ1) is 11.1. The van der Waals surface area contributed by atoms with Crippen molar-refractivity contribution in [1.82, 2.24) is 14.5 Å². The highest BCUT2D eigenvalue weighted by molar-refractivity contribution is 5.21. The summed E-state index contributed by atoms with van der Waals surface area (Å²) in [4.78, 5) is 17.8. The monoisotopic (exact) mass is 319 g/mol. The molecule has 23 heavy (non-hydrogen) atoms. The molecular formula is C16H21N3O4. The van der Waals surface area contributed by atoms with Crippen molar-refractivity contribution < 1.29 is 15.3 Å². The zero-order valence-corrected chi connectivity index (χ0v) is 12.8. The van der Waals surface area contributed by atoms with Gasteiger partial charge in [0.1, 0.15) is 0 Å². The number of hydrogen-bond acceptors (Lipinski definition) is 6. The Kier molecular flexibility index (Phi) is 6.28. The lowest BCUT2D eigenvalue weighted by atomic mass is 10.2. The van der Waals surface area contributed by atoms with Gasteiger partial charge < -0.3 is 19.9 Å². The zero-order valence-electron chi connectivity index (χ0n) is 12.8. The number of rotatable bonds is 8. The summed E-state index contributed by atoms with van der Waals surface area (Å²) in [6.07, 6.45) is 3.07. The molecule has 2 heterocycles. The van der Waals surface area contributed by atoms with Crippen LogP contribution in [0.5, 0.6) is 5.75 Å². The van der Waals surface area contributed by atoms with Crippen LogP contribution in [0.15, 0.2) is 41.5 Å². The fourth-order valence-corrected chi connectivity index (χ4v) is 2.33. The van der Waals surface area contributed by atoms with E-state index in [2.05, 4.69) is 4.98 Å². The minimum atomic E-state index is -0.454. The van der Waals surface area contributed by atoms with Crippen LogP contribution in [0, 0.1) is 0 Å². The number of aromatic hydroxyl groups is 1. The molecule has 7 nitrogen and oxygen atoms in total. The van der Waals surface area contributed by atoms with Gasteiger partial charge in [0.15, 0.2) is 5.75 Å². The van der Waals surface area contributed by atoms with Gasteiger partial charge in [-0.3, -0.25) is 14.7 Å². The first kappa shape index (κ1) is 17.1. The second-order valence-electron chi connectivity index (χ2n) is 5.19. The number of aliphatic hydroxyl groups is 2. The van der Waals surface area contributed by atoms with Crippen LogP contribution < -0.4 is 5.43 Å². The molecular weight excluding hydrogens is 298 g/mol. The Morgan fingerprint density at radius 2 is 1.91 bits per heavy atom. The minimum Gasteiger partial charge on any atom is -0.503 e. The Balaban J connectivity index is 2.29. The molecule has 0 atom stereocenters. The summed E-state index contributed by atoms with van der Waals surface area (Å²) in [7, 11) is 0. The highest BCUT2D eigenvalue weighted by Crippen LogP contribution is 2.10. The summed E-state index contributed by atoms with van der Waals surface area (Å²) in [5, 5.41) is 27.9. The largest absolute Gasteiger partial charge is 0.503 e. The number of nitrogens with zero attached hydrogens (tertiary/aromatic N) is 3. The first-order valence-corrected chi connectivity index (χ1v) is 7.40. The molecule has 0 amide bonds. The van der Waals surface area contributed by atoms with Gasteiger partial charge in [0.05, 0.1) is 31.6 Å². The number of aromatic nitrogens is 2. The average molecular weight is 319 g/mol. The van der Waals surface area contributed by atoms with Crippen LogP contribution >= 0.6 is 0 Å². The lowest BCUT2D eigenvalue weighted by Gasteiger charge is -2.22. The molecule has 3 N–H and O–H groups in total. The fraction of sp³-hybridized carbons (Fsp3) is 0.375. The standard InChI is InChI=1S/C16H21N3O4/c20-7-5-18(6-8-21)11-14-9-15(22)16(23)12-19(14)10-13-3-1-2-4-17-13/h1-4,9,12,20-21,23H,5-8,10-11H2. The van der Waals surface area contributed by atoms with E-state index in [0.717, 1.165) is 5.69 Å². The van der Waals surface area contributed by atoms with Crippen LogP contribution in [0.3, 0.4) is 0 Å². The molecule has 0 unspecified atom stereocenters. The van der Waals surface area contributed by atoms with Crippen molar-refractivity contribution in [3.05, 3.63) is 58.3 Å². The fourth-order valence-electron chi connectivity index (χ4n) is 2.33. The van der Waals surface area contributed by atoms with Gasteiger partial charge in [0.2, 0.25) is 5.43 Å². The van der Waals surface area contributed by atoms with Gasteiger partial charge in [-0.05, 0) is 12.1 Å². The van der Waals surface area contributed by atoms with Crippen LogP contribution in [0.4, 0.5) is 0 Å². The van der Waals surface area contributed by atoms with Gasteiger partial charge in [0.25, 0.3) is 0 Å². The Bertz CT molecular complexity index is 667. The lowest BCUT2D eigenvalue weighted by molar-refractivity contribution is 0.153. The smallest absolute Gasteiger partial charge is 0.223 e. The van der Waals surface area contributed by atoms with E-state index in [0.29, 0.717) is 31.9 Å². The lowest BCUT2D eigenvalue weighted by Crippen LogP contribution is -2.31. The van der Waals surface area contributed by atoms with E-state index in [-0.39, 0.29) is 19.0 Å². The van der Waals surface area contributed by atoms with Gasteiger partial charge >= 0.3 is 0 Å². The predicted octanol–water partition coefficient (Wildman–Crippen LogP) is -0.216. The Labute approximate surface area is 134 Å². The number of hydrogen-bond donors (Lipinski definition) is 3. The molecule has 0 radical (unpaired) electrons. The van der Waals surface area contributed by atoms with Gasteiger partial charge in [0, 0.05) is 37.6 Å². The van der Waals surface area contributed by atoms with Crippen molar-refractivity contribution in [3.63, 3.8) is 0 Å². The average Bonchev–Trinajstić information content (AvgIpc) is 2.53. The Morgan fingerprint density at radius 1 is 1.17 bits per heavy atom. The van der Waals surface area contributed by atoms with Crippen molar-refractivity contribution in [2.75, 3.05) is 26.3 Å². The molecule has 0 saturated heterocycles. The van der Waals surface area contributed by atoms with Gasteiger partial charge in [-0.15, -0.1) is 0 Å². The Morgan fingerprint density at radius 3 is 2.52 bits per heavy atom. The zero-order chi connectivity index (χ0) is 16.7. The molecule has 0 aliphatic carbocycles. The number of aliphatic hydroxyl groups excluding tert-OH is 2. The van der Waals surface area contributed by atoms with E-state index in [1.807, 2.05) is 23.1 Å². The second-order valence-corrected chi connectivity index (χ2v) is 5.19. The third kappa shape index (κ3) is 4.88. The third-order valence-corrected chi connectivity index (χ3v) is 3.47. The molecule has 0 aromatic carbocycles. The predicted molar refractivity (Wildman–Crippen MR) is 85.2 cm³/mol. The second kappa shape index (κ2) is 8.42. The van der Waals surface area contributed by atoms with E-state index in [1.165, 1.54) is 12.3 Å². The maximum Gasteiger partial charge on any atom is 0.223 e. The van der Waals surface area contributed by atoms with Gasteiger partial charge in [-0.1, -0.05) is 6.07 Å². The molecule has 7 heteroatoms.